The molecule has 2 N–H and O–H groups in total. The Morgan fingerprint density at radius 3 is 2.07 bits per heavy atom. The van der Waals surface area contributed by atoms with Gasteiger partial charge in [0.2, 0.25) is 5.82 Å². The molecule has 41 heavy (non-hydrogen) atoms. The zero-order chi connectivity index (χ0) is 29.2. The van der Waals surface area contributed by atoms with Crippen molar-refractivity contribution in [3.05, 3.63) is 134 Å². The Balaban J connectivity index is 1.73. The van der Waals surface area contributed by atoms with Crippen molar-refractivity contribution in [3.63, 3.8) is 0 Å². The summed E-state index contributed by atoms with van der Waals surface area (Å²) in [5.41, 5.74) is -3.53. The SMILES string of the molecule is COc1ccc(C(O[C@H]2[C@H](F)[C@H](n3cc(F)c(=O)[nH]c3=O)O[C@@]2(CO)CBr)(c2ccccc2)c2ccccc2)cc1. The Morgan fingerprint density at radius 2 is 1.56 bits per heavy atom. The van der Waals surface area contributed by atoms with Crippen LogP contribution in [0, 0.1) is 5.82 Å². The number of aliphatic hydroxyl groups excluding tert-OH is 1. The minimum absolute atomic E-state index is 0.0963. The number of rotatable bonds is 9. The van der Waals surface area contributed by atoms with E-state index in [1.807, 2.05) is 65.6 Å². The Kier molecular flexibility index (Phi) is 8.23. The first-order valence-corrected chi connectivity index (χ1v) is 13.8. The lowest BCUT2D eigenvalue weighted by molar-refractivity contribution is -0.153. The van der Waals surface area contributed by atoms with Crippen LogP contribution in [0.25, 0.3) is 0 Å². The highest BCUT2D eigenvalue weighted by Crippen LogP contribution is 2.49. The summed E-state index contributed by atoms with van der Waals surface area (Å²) in [5.74, 6) is -0.694. The summed E-state index contributed by atoms with van der Waals surface area (Å²) in [6.07, 6.45) is -4.72. The van der Waals surface area contributed by atoms with Crippen molar-refractivity contribution >= 4 is 15.9 Å². The second kappa shape index (κ2) is 11.7. The number of halogens is 3. The van der Waals surface area contributed by atoms with Crippen LogP contribution in [-0.4, -0.2) is 51.6 Å². The highest BCUT2D eigenvalue weighted by atomic mass is 79.9. The number of hydrogen-bond donors (Lipinski definition) is 2. The number of H-pyrrole nitrogens is 1. The predicted molar refractivity (Wildman–Crippen MR) is 151 cm³/mol. The van der Waals surface area contributed by atoms with Gasteiger partial charge in [-0.3, -0.25) is 14.3 Å². The summed E-state index contributed by atoms with van der Waals surface area (Å²) in [5, 5.41) is 10.5. The van der Waals surface area contributed by atoms with E-state index in [0.29, 0.717) is 33.2 Å². The normalized spacial score (nSPS) is 22.5. The van der Waals surface area contributed by atoms with Gasteiger partial charge in [0.05, 0.1) is 19.9 Å². The molecule has 8 nitrogen and oxygen atoms in total. The number of aromatic nitrogens is 2. The third-order valence-electron chi connectivity index (χ3n) is 7.29. The molecule has 0 bridgehead atoms. The molecule has 214 valence electrons. The van der Waals surface area contributed by atoms with Crippen LogP contribution in [0.4, 0.5) is 8.78 Å². The molecular weight excluding hydrogens is 602 g/mol. The molecule has 0 saturated carbocycles. The maximum absolute atomic E-state index is 16.6. The topological polar surface area (TPSA) is 103 Å². The van der Waals surface area contributed by atoms with E-state index in [1.165, 1.54) is 0 Å². The van der Waals surface area contributed by atoms with Gasteiger partial charge in [-0.1, -0.05) is 88.7 Å². The predicted octanol–water partition coefficient (Wildman–Crippen LogP) is 4.05. The molecule has 1 fully saturated rings. The van der Waals surface area contributed by atoms with E-state index in [1.54, 1.807) is 31.4 Å². The van der Waals surface area contributed by atoms with Crippen molar-refractivity contribution in [3.8, 4) is 5.75 Å². The van der Waals surface area contributed by atoms with Gasteiger partial charge in [-0.05, 0) is 28.8 Å². The van der Waals surface area contributed by atoms with E-state index < -0.39 is 53.4 Å². The lowest BCUT2D eigenvalue weighted by atomic mass is 9.79. The molecule has 2 heterocycles. The fourth-order valence-corrected chi connectivity index (χ4v) is 5.82. The van der Waals surface area contributed by atoms with E-state index in [9.17, 15) is 19.1 Å². The summed E-state index contributed by atoms with van der Waals surface area (Å²) in [4.78, 5) is 26.1. The summed E-state index contributed by atoms with van der Waals surface area (Å²) < 4.78 is 49.7. The second-order valence-electron chi connectivity index (χ2n) is 9.63. The van der Waals surface area contributed by atoms with Gasteiger partial charge in [0.1, 0.15) is 23.1 Å². The maximum atomic E-state index is 16.6. The van der Waals surface area contributed by atoms with Crippen molar-refractivity contribution in [1.29, 1.82) is 0 Å². The number of aliphatic hydroxyl groups is 1. The van der Waals surface area contributed by atoms with Gasteiger partial charge in [0.25, 0.3) is 5.56 Å². The Bertz CT molecular complexity index is 1550. The van der Waals surface area contributed by atoms with Crippen LogP contribution in [0.1, 0.15) is 22.9 Å². The highest BCUT2D eigenvalue weighted by molar-refractivity contribution is 9.09. The molecule has 0 unspecified atom stereocenters. The monoisotopic (exact) mass is 628 g/mol. The molecule has 1 aliphatic heterocycles. The number of methoxy groups -OCH3 is 1. The van der Waals surface area contributed by atoms with Crippen molar-refractivity contribution < 1.29 is 28.1 Å². The van der Waals surface area contributed by atoms with E-state index in [2.05, 4.69) is 15.9 Å². The van der Waals surface area contributed by atoms with Gasteiger partial charge in [-0.15, -0.1) is 0 Å². The molecule has 0 amide bonds. The van der Waals surface area contributed by atoms with E-state index in [4.69, 9.17) is 14.2 Å². The fraction of sp³-hybridized carbons (Fsp3) is 0.267. The Morgan fingerprint density at radius 1 is 1.00 bits per heavy atom. The third kappa shape index (κ3) is 5.03. The average Bonchev–Trinajstić information content (AvgIpc) is 3.29. The number of alkyl halides is 2. The number of hydrogen-bond acceptors (Lipinski definition) is 6. The zero-order valence-electron chi connectivity index (χ0n) is 21.9. The summed E-state index contributed by atoms with van der Waals surface area (Å²) in [6.45, 7) is -0.706. The smallest absolute Gasteiger partial charge is 0.330 e. The fourth-order valence-electron chi connectivity index (χ4n) is 5.19. The van der Waals surface area contributed by atoms with Crippen LogP contribution in [0.3, 0.4) is 0 Å². The lowest BCUT2D eigenvalue weighted by Gasteiger charge is -2.42. The van der Waals surface area contributed by atoms with Crippen molar-refractivity contribution in [1.82, 2.24) is 9.55 Å². The zero-order valence-corrected chi connectivity index (χ0v) is 23.5. The van der Waals surface area contributed by atoms with Crippen LogP contribution >= 0.6 is 15.9 Å². The van der Waals surface area contributed by atoms with Crippen LogP contribution in [0.15, 0.2) is 101 Å². The van der Waals surface area contributed by atoms with E-state index in [0.717, 1.165) is 0 Å². The van der Waals surface area contributed by atoms with Crippen molar-refractivity contribution in [2.75, 3.05) is 19.0 Å². The molecule has 1 aromatic heterocycles. The van der Waals surface area contributed by atoms with Gasteiger partial charge in [0.15, 0.2) is 12.4 Å². The molecule has 3 aromatic carbocycles. The molecule has 4 aromatic rings. The number of aromatic amines is 1. The van der Waals surface area contributed by atoms with Crippen LogP contribution < -0.4 is 16.0 Å². The minimum atomic E-state index is -2.09. The van der Waals surface area contributed by atoms with E-state index >= 15 is 4.39 Å². The molecule has 0 radical (unpaired) electrons. The minimum Gasteiger partial charge on any atom is -0.497 e. The van der Waals surface area contributed by atoms with Gasteiger partial charge in [0, 0.05) is 5.33 Å². The molecule has 1 saturated heterocycles. The summed E-state index contributed by atoms with van der Waals surface area (Å²) in [6, 6.07) is 25.5. The summed E-state index contributed by atoms with van der Waals surface area (Å²) >= 11 is 3.33. The van der Waals surface area contributed by atoms with Crippen LogP contribution in [0.2, 0.25) is 0 Å². The summed E-state index contributed by atoms with van der Waals surface area (Å²) in [7, 11) is 1.55. The molecule has 4 atom stereocenters. The number of nitrogens with zero attached hydrogens (tertiary/aromatic N) is 1. The maximum Gasteiger partial charge on any atom is 0.330 e. The standard InChI is InChI=1S/C30H27BrF2N2O6/c1-39-22-14-12-21(13-15-22)30(19-8-4-2-5-9-19,20-10-6-3-7-11-20)40-25-24(33)27(41-29(25,17-31)18-36)35-16-23(32)26(37)34-28(35)38/h2-16,24-25,27,36H,17-18H2,1H3,(H,34,37,38)/t24-,25-,27+,29+/m0/s1. The number of benzene rings is 3. The molecule has 11 heteroatoms. The molecule has 0 aliphatic carbocycles. The number of ether oxygens (including phenoxy) is 3. The largest absolute Gasteiger partial charge is 0.497 e. The van der Waals surface area contributed by atoms with Gasteiger partial charge >= 0.3 is 5.69 Å². The van der Waals surface area contributed by atoms with Crippen LogP contribution in [-0.2, 0) is 15.1 Å². The lowest BCUT2D eigenvalue weighted by Crippen LogP contribution is -2.52. The molecule has 0 spiro atoms. The van der Waals surface area contributed by atoms with Gasteiger partial charge in [-0.2, -0.15) is 4.39 Å². The quantitative estimate of drug-likeness (QED) is 0.214. The average molecular weight is 629 g/mol. The van der Waals surface area contributed by atoms with Crippen molar-refractivity contribution in [2.45, 2.75) is 29.7 Å². The Hall–Kier alpha value is -3.64. The molecule has 5 rings (SSSR count). The van der Waals surface area contributed by atoms with Gasteiger partial charge in [-0.25, -0.2) is 9.18 Å². The van der Waals surface area contributed by atoms with Crippen LogP contribution in [0.5, 0.6) is 5.75 Å². The Labute approximate surface area is 242 Å². The third-order valence-corrected chi connectivity index (χ3v) is 8.24. The van der Waals surface area contributed by atoms with Crippen molar-refractivity contribution in [2.24, 2.45) is 0 Å². The first kappa shape index (κ1) is 28.9. The highest BCUT2D eigenvalue weighted by Gasteiger charge is 2.60. The number of nitrogens with one attached hydrogen (secondary N) is 1. The molecular formula is C30H27BrF2N2O6. The first-order valence-electron chi connectivity index (χ1n) is 12.7. The molecule has 1 aliphatic rings. The second-order valence-corrected chi connectivity index (χ2v) is 10.2. The van der Waals surface area contributed by atoms with E-state index in [-0.39, 0.29) is 5.33 Å². The first-order chi connectivity index (χ1) is 19.8. The van der Waals surface area contributed by atoms with Gasteiger partial charge < -0.3 is 19.3 Å².